The van der Waals surface area contributed by atoms with Gasteiger partial charge in [-0.25, -0.2) is 9.29 Å². The van der Waals surface area contributed by atoms with Gasteiger partial charge in [-0.2, -0.15) is 0 Å². The Morgan fingerprint density at radius 2 is 1.63 bits per heavy atom. The van der Waals surface area contributed by atoms with E-state index >= 15 is 0 Å². The van der Waals surface area contributed by atoms with Crippen LogP contribution in [0.5, 0.6) is 5.75 Å². The van der Waals surface area contributed by atoms with Crippen molar-refractivity contribution in [3.63, 3.8) is 0 Å². The highest BCUT2D eigenvalue weighted by molar-refractivity contribution is 8.00. The number of fused-ring (bicyclic) bond motifs is 2. The van der Waals surface area contributed by atoms with Crippen LogP contribution in [0.25, 0.3) is 0 Å². The van der Waals surface area contributed by atoms with Gasteiger partial charge in [0, 0.05) is 16.5 Å². The standard InChI is InChI=1S/C30H24FN3O5S2/c1-16-3-11-20(12-4-16)34-27(36)24-23(17-5-13-21(39-2)14-6-17)26-29(40-25(24)28(34)37)33(30(38)41-26)15-22(35)32-19-9-7-18(31)8-10-19/h3-14,23-25H,15H2,1-2H3,(H,32,35)/t23-,24+,25-/m0/s1. The van der Waals surface area contributed by atoms with Crippen molar-refractivity contribution in [2.45, 2.75) is 29.7 Å². The average Bonchev–Trinajstić information content (AvgIpc) is 3.41. The zero-order chi connectivity index (χ0) is 28.8. The Kier molecular flexibility index (Phi) is 7.00. The van der Waals surface area contributed by atoms with Crippen LogP contribution in [-0.4, -0.2) is 34.6 Å². The summed E-state index contributed by atoms with van der Waals surface area (Å²) < 4.78 is 19.9. The fourth-order valence-electron chi connectivity index (χ4n) is 5.25. The maximum absolute atomic E-state index is 13.9. The number of ether oxygens (including phenoxy) is 1. The number of methoxy groups -OCH3 is 1. The topological polar surface area (TPSA) is 97.7 Å². The van der Waals surface area contributed by atoms with E-state index in [2.05, 4.69) is 5.32 Å². The number of hydrogen-bond donors (Lipinski definition) is 1. The molecule has 8 nitrogen and oxygen atoms in total. The van der Waals surface area contributed by atoms with E-state index in [1.54, 1.807) is 31.4 Å². The molecule has 0 unspecified atom stereocenters. The third-order valence-electron chi connectivity index (χ3n) is 7.25. The molecule has 2 aliphatic heterocycles. The number of nitrogens with zero attached hydrogens (tertiary/aromatic N) is 2. The first-order valence-corrected chi connectivity index (χ1v) is 14.5. The molecule has 3 aromatic carbocycles. The van der Waals surface area contributed by atoms with Crippen molar-refractivity contribution in [3.8, 4) is 5.75 Å². The highest BCUT2D eigenvalue weighted by Crippen LogP contribution is 2.54. The predicted octanol–water partition coefficient (Wildman–Crippen LogP) is 4.80. The van der Waals surface area contributed by atoms with Gasteiger partial charge in [0.2, 0.25) is 17.7 Å². The number of carbonyl (C=O) groups is 3. The van der Waals surface area contributed by atoms with E-state index < -0.39 is 28.8 Å². The zero-order valence-electron chi connectivity index (χ0n) is 22.0. The minimum Gasteiger partial charge on any atom is -0.497 e. The Bertz CT molecular complexity index is 1720. The molecule has 1 fully saturated rings. The number of amides is 3. The highest BCUT2D eigenvalue weighted by Gasteiger charge is 2.56. The van der Waals surface area contributed by atoms with Crippen molar-refractivity contribution in [2.75, 3.05) is 17.3 Å². The molecule has 1 saturated heterocycles. The number of thioether (sulfide) groups is 1. The van der Waals surface area contributed by atoms with E-state index in [4.69, 9.17) is 4.74 Å². The fourth-order valence-corrected chi connectivity index (χ4v) is 8.02. The summed E-state index contributed by atoms with van der Waals surface area (Å²) in [7, 11) is 1.56. The zero-order valence-corrected chi connectivity index (χ0v) is 23.6. The number of imide groups is 1. The van der Waals surface area contributed by atoms with Gasteiger partial charge >= 0.3 is 4.87 Å². The number of anilines is 2. The van der Waals surface area contributed by atoms with Crippen LogP contribution >= 0.6 is 23.1 Å². The van der Waals surface area contributed by atoms with Crippen LogP contribution in [0.3, 0.4) is 0 Å². The van der Waals surface area contributed by atoms with Gasteiger partial charge in [-0.1, -0.05) is 52.9 Å². The average molecular weight is 590 g/mol. The number of nitrogens with one attached hydrogen (secondary N) is 1. The number of halogens is 1. The maximum atomic E-state index is 13.9. The van der Waals surface area contributed by atoms with Crippen LogP contribution in [0, 0.1) is 18.7 Å². The molecule has 6 rings (SSSR count). The van der Waals surface area contributed by atoms with E-state index in [9.17, 15) is 23.6 Å². The van der Waals surface area contributed by atoms with Crippen molar-refractivity contribution in [1.29, 1.82) is 0 Å². The Balaban J connectivity index is 1.40. The molecule has 4 aromatic rings. The third kappa shape index (κ3) is 4.85. The first kappa shape index (κ1) is 27.0. The molecule has 0 saturated carbocycles. The summed E-state index contributed by atoms with van der Waals surface area (Å²) in [4.78, 5) is 55.4. The SMILES string of the molecule is COc1ccc([C@@H]2c3sc(=O)n(CC(=O)Nc4ccc(F)cc4)c3S[C@@H]3C(=O)N(c4ccc(C)cc4)C(=O)[C@H]23)cc1. The van der Waals surface area contributed by atoms with E-state index in [1.807, 2.05) is 31.2 Å². The fraction of sp³-hybridized carbons (Fsp3) is 0.200. The van der Waals surface area contributed by atoms with Gasteiger partial charge in [-0.05, 0) is 61.0 Å². The number of aromatic nitrogens is 1. The second-order valence-corrected chi connectivity index (χ2v) is 12.0. The maximum Gasteiger partial charge on any atom is 0.308 e. The van der Waals surface area contributed by atoms with E-state index in [0.29, 0.717) is 27.0 Å². The molecule has 11 heteroatoms. The number of rotatable bonds is 6. The molecule has 0 radical (unpaired) electrons. The lowest BCUT2D eigenvalue weighted by molar-refractivity contribution is -0.122. The van der Waals surface area contributed by atoms with Crippen LogP contribution < -0.4 is 19.8 Å². The summed E-state index contributed by atoms with van der Waals surface area (Å²) in [5, 5.41) is 2.38. The summed E-state index contributed by atoms with van der Waals surface area (Å²) in [6.45, 7) is 1.63. The van der Waals surface area contributed by atoms with Gasteiger partial charge in [-0.3, -0.25) is 23.7 Å². The third-order valence-corrected chi connectivity index (χ3v) is 9.85. The van der Waals surface area contributed by atoms with Crippen LogP contribution in [0.2, 0.25) is 0 Å². The number of hydrogen-bond acceptors (Lipinski definition) is 7. The lowest BCUT2D eigenvalue weighted by Crippen LogP contribution is -2.33. The van der Waals surface area contributed by atoms with E-state index in [1.165, 1.54) is 33.7 Å². The first-order valence-electron chi connectivity index (χ1n) is 12.8. The van der Waals surface area contributed by atoms with Crippen LogP contribution in [-0.2, 0) is 20.9 Å². The van der Waals surface area contributed by atoms with Crippen molar-refractivity contribution in [3.05, 3.63) is 104 Å². The molecular formula is C30H24FN3O5S2. The molecular weight excluding hydrogens is 565 g/mol. The summed E-state index contributed by atoms with van der Waals surface area (Å²) in [6.07, 6.45) is 0. The Morgan fingerprint density at radius 3 is 2.29 bits per heavy atom. The molecule has 208 valence electrons. The lowest BCUT2D eigenvalue weighted by Gasteiger charge is -2.30. The Labute approximate surface area is 242 Å². The van der Waals surface area contributed by atoms with Crippen molar-refractivity contribution < 1.29 is 23.5 Å². The molecule has 0 bridgehead atoms. The summed E-state index contributed by atoms with van der Waals surface area (Å²) in [5.41, 5.74) is 2.65. The lowest BCUT2D eigenvalue weighted by atomic mass is 9.83. The van der Waals surface area contributed by atoms with Gasteiger partial charge in [0.1, 0.15) is 23.4 Å². The molecule has 2 aliphatic rings. The summed E-state index contributed by atoms with van der Waals surface area (Å²) >= 11 is 2.13. The first-order chi connectivity index (χ1) is 19.7. The van der Waals surface area contributed by atoms with Crippen LogP contribution in [0.15, 0.2) is 82.6 Å². The smallest absolute Gasteiger partial charge is 0.308 e. The second kappa shape index (κ2) is 10.6. The Morgan fingerprint density at radius 1 is 0.951 bits per heavy atom. The summed E-state index contributed by atoms with van der Waals surface area (Å²) in [6, 6.07) is 19.7. The van der Waals surface area contributed by atoms with Gasteiger partial charge in [0.15, 0.2) is 0 Å². The van der Waals surface area contributed by atoms with Crippen LogP contribution in [0.1, 0.15) is 21.9 Å². The van der Waals surface area contributed by atoms with Crippen LogP contribution in [0.4, 0.5) is 15.8 Å². The number of thiazole rings is 1. The largest absolute Gasteiger partial charge is 0.497 e. The summed E-state index contributed by atoms with van der Waals surface area (Å²) in [5.74, 6) is -2.28. The van der Waals surface area contributed by atoms with Crippen molar-refractivity contribution in [1.82, 2.24) is 4.57 Å². The highest BCUT2D eigenvalue weighted by atomic mass is 32.2. The molecule has 41 heavy (non-hydrogen) atoms. The molecule has 0 aliphatic carbocycles. The van der Waals surface area contributed by atoms with E-state index in [-0.39, 0.29) is 23.2 Å². The van der Waals surface area contributed by atoms with Gasteiger partial charge in [-0.15, -0.1) is 0 Å². The van der Waals surface area contributed by atoms with Gasteiger partial charge in [0.25, 0.3) is 0 Å². The van der Waals surface area contributed by atoms with Gasteiger partial charge in [0.05, 0.1) is 23.7 Å². The molecule has 3 atom stereocenters. The number of aryl methyl sites for hydroxylation is 1. The number of benzene rings is 3. The van der Waals surface area contributed by atoms with E-state index in [0.717, 1.165) is 34.2 Å². The molecule has 3 heterocycles. The minimum absolute atomic E-state index is 0.300. The molecule has 0 spiro atoms. The van der Waals surface area contributed by atoms with Crippen molar-refractivity contribution >= 4 is 52.2 Å². The normalized spacial score (nSPS) is 19.6. The predicted molar refractivity (Wildman–Crippen MR) is 155 cm³/mol. The Hall–Kier alpha value is -4.22. The van der Waals surface area contributed by atoms with Crippen molar-refractivity contribution in [2.24, 2.45) is 5.92 Å². The minimum atomic E-state index is -0.788. The van der Waals surface area contributed by atoms with Gasteiger partial charge < -0.3 is 10.1 Å². The second-order valence-electron chi connectivity index (χ2n) is 9.84. The molecule has 1 aromatic heterocycles. The molecule has 1 N–H and O–H groups in total. The molecule has 3 amide bonds. The number of carbonyl (C=O) groups excluding carboxylic acids is 3. The quantitative estimate of drug-likeness (QED) is 0.325. The monoisotopic (exact) mass is 589 g/mol.